The van der Waals surface area contributed by atoms with Gasteiger partial charge in [0.05, 0.1) is 19.1 Å². The predicted octanol–water partition coefficient (Wildman–Crippen LogP) is -1.94. The van der Waals surface area contributed by atoms with Crippen LogP contribution in [-0.4, -0.2) is 56.2 Å². The molecule has 0 radical (unpaired) electrons. The van der Waals surface area contributed by atoms with Crippen molar-refractivity contribution >= 4 is 12.2 Å². The molecule has 17 heavy (non-hydrogen) atoms. The Kier molecular flexibility index (Phi) is 3.38. The van der Waals surface area contributed by atoms with E-state index in [1.807, 2.05) is 0 Å². The second-order valence-electron chi connectivity index (χ2n) is 3.70. The van der Waals surface area contributed by atoms with Gasteiger partial charge in [0.2, 0.25) is 6.41 Å². The number of carbonyl (C=O) groups is 1. The van der Waals surface area contributed by atoms with Gasteiger partial charge in [-0.1, -0.05) is 0 Å². The van der Waals surface area contributed by atoms with Gasteiger partial charge in [0, 0.05) is 0 Å². The van der Waals surface area contributed by atoms with Crippen molar-refractivity contribution < 1.29 is 24.9 Å². The van der Waals surface area contributed by atoms with E-state index in [1.54, 1.807) is 0 Å². The summed E-state index contributed by atoms with van der Waals surface area (Å²) in [6, 6.07) is 0. The Balaban J connectivity index is 2.14. The Labute approximate surface area is 96.5 Å². The molecule has 1 aliphatic heterocycles. The summed E-state index contributed by atoms with van der Waals surface area (Å²) in [5.41, 5.74) is 0. The zero-order chi connectivity index (χ0) is 12.4. The van der Waals surface area contributed by atoms with Crippen LogP contribution in [0.15, 0.2) is 12.5 Å². The summed E-state index contributed by atoms with van der Waals surface area (Å²) in [5, 5.41) is 30.6. The number of hydrogen-bond acceptors (Lipinski definition) is 6. The minimum Gasteiger partial charge on any atom is -0.394 e. The summed E-state index contributed by atoms with van der Waals surface area (Å²) in [4.78, 5) is 14.1. The van der Waals surface area contributed by atoms with Crippen LogP contribution in [0, 0.1) is 0 Å². The molecule has 1 saturated heterocycles. The average molecular weight is 243 g/mol. The van der Waals surface area contributed by atoms with Gasteiger partial charge in [-0.05, 0) is 0 Å². The molecule has 8 heteroatoms. The van der Waals surface area contributed by atoms with Gasteiger partial charge in [-0.25, -0.2) is 4.98 Å². The third-order valence-corrected chi connectivity index (χ3v) is 2.62. The van der Waals surface area contributed by atoms with Crippen molar-refractivity contribution in [1.29, 1.82) is 0 Å². The van der Waals surface area contributed by atoms with E-state index in [-0.39, 0.29) is 6.61 Å². The predicted molar refractivity (Wildman–Crippen MR) is 54.9 cm³/mol. The van der Waals surface area contributed by atoms with Crippen molar-refractivity contribution in [2.24, 2.45) is 0 Å². The van der Waals surface area contributed by atoms with Gasteiger partial charge in [-0.2, -0.15) is 0 Å². The third kappa shape index (κ3) is 2.15. The number of amides is 1. The van der Waals surface area contributed by atoms with Crippen molar-refractivity contribution in [2.45, 2.75) is 24.5 Å². The molecule has 94 valence electrons. The highest BCUT2D eigenvalue weighted by atomic mass is 16.6. The minimum absolute atomic E-state index is 0.303. The van der Waals surface area contributed by atoms with Crippen LogP contribution in [-0.2, 0) is 9.53 Å². The number of aliphatic hydroxyl groups excluding tert-OH is 3. The zero-order valence-corrected chi connectivity index (χ0v) is 8.80. The second-order valence-corrected chi connectivity index (χ2v) is 3.70. The number of nitrogens with zero attached hydrogens (tertiary/aromatic N) is 2. The Bertz CT molecular complexity index is 396. The molecule has 0 spiro atoms. The molecular formula is C9H13N3O5. The lowest BCUT2D eigenvalue weighted by Gasteiger charge is -2.15. The van der Waals surface area contributed by atoms with Crippen LogP contribution in [0.5, 0.6) is 0 Å². The number of carbonyl (C=O) groups excluding carboxylic acids is 1. The maximum atomic E-state index is 10.2. The van der Waals surface area contributed by atoms with Crippen LogP contribution in [0.3, 0.4) is 0 Å². The van der Waals surface area contributed by atoms with Crippen LogP contribution in [0.4, 0.5) is 5.82 Å². The molecule has 2 rings (SSSR count). The van der Waals surface area contributed by atoms with Crippen LogP contribution in [0.2, 0.25) is 0 Å². The molecule has 0 aliphatic carbocycles. The summed E-state index contributed by atoms with van der Waals surface area (Å²) >= 11 is 0. The first kappa shape index (κ1) is 12.0. The summed E-state index contributed by atoms with van der Waals surface area (Å²) in [7, 11) is 0. The molecule has 8 nitrogen and oxygen atoms in total. The van der Waals surface area contributed by atoms with Gasteiger partial charge in [-0.15, -0.1) is 0 Å². The molecule has 0 aromatic carbocycles. The third-order valence-electron chi connectivity index (χ3n) is 2.62. The molecule has 0 bridgehead atoms. The number of nitrogens with one attached hydrogen (secondary N) is 1. The number of rotatable bonds is 4. The number of hydrogen-bond donors (Lipinski definition) is 4. The van der Waals surface area contributed by atoms with E-state index in [4.69, 9.17) is 9.84 Å². The van der Waals surface area contributed by atoms with E-state index >= 15 is 0 Å². The van der Waals surface area contributed by atoms with Crippen molar-refractivity contribution in [2.75, 3.05) is 11.9 Å². The molecule has 4 N–H and O–H groups in total. The lowest BCUT2D eigenvalue weighted by Crippen LogP contribution is -2.33. The van der Waals surface area contributed by atoms with E-state index in [0.29, 0.717) is 12.2 Å². The summed E-state index contributed by atoms with van der Waals surface area (Å²) in [6.45, 7) is -0.386. The van der Waals surface area contributed by atoms with Crippen LogP contribution >= 0.6 is 0 Å². The van der Waals surface area contributed by atoms with Crippen LogP contribution in [0.25, 0.3) is 0 Å². The van der Waals surface area contributed by atoms with Gasteiger partial charge in [0.1, 0.15) is 18.3 Å². The number of imidazole rings is 1. The first-order chi connectivity index (χ1) is 8.17. The molecule has 0 saturated carbocycles. The normalized spacial score (nSPS) is 32.6. The molecule has 1 unspecified atom stereocenters. The molecule has 1 aromatic rings. The zero-order valence-electron chi connectivity index (χ0n) is 8.80. The highest BCUT2D eigenvalue weighted by molar-refractivity contribution is 5.68. The summed E-state index contributed by atoms with van der Waals surface area (Å²) in [5.74, 6) is 0.303. The van der Waals surface area contributed by atoms with Gasteiger partial charge in [0.15, 0.2) is 12.0 Å². The van der Waals surface area contributed by atoms with Crippen LogP contribution in [0.1, 0.15) is 6.23 Å². The fourth-order valence-electron chi connectivity index (χ4n) is 1.74. The van der Waals surface area contributed by atoms with E-state index in [1.165, 1.54) is 17.1 Å². The molecule has 4 atom stereocenters. The highest BCUT2D eigenvalue weighted by Crippen LogP contribution is 2.29. The fourth-order valence-corrected chi connectivity index (χ4v) is 1.74. The Morgan fingerprint density at radius 3 is 2.88 bits per heavy atom. The number of ether oxygens (including phenoxy) is 1. The SMILES string of the molecule is O=CNc1cn(C2O[C@H](CO)[C@@H](O)[C@H]2O)cn1. The molecule has 1 fully saturated rings. The standard InChI is InChI=1S/C9H13N3O5/c13-2-5-7(15)8(16)9(17-5)12-1-6(10-3-12)11-4-14/h1,3-5,7-9,13,15-16H,2H2,(H,11,14)/t5-,7-,8-,9?/m1/s1. The molecular weight excluding hydrogens is 230 g/mol. The maximum absolute atomic E-state index is 10.2. The summed E-state index contributed by atoms with van der Waals surface area (Å²) in [6.07, 6.45) is -0.706. The Hall–Kier alpha value is -1.48. The number of anilines is 1. The van der Waals surface area contributed by atoms with Gasteiger partial charge >= 0.3 is 0 Å². The van der Waals surface area contributed by atoms with Gasteiger partial charge in [0.25, 0.3) is 0 Å². The minimum atomic E-state index is -1.16. The van der Waals surface area contributed by atoms with E-state index in [2.05, 4.69) is 10.3 Å². The smallest absolute Gasteiger partial charge is 0.212 e. The Morgan fingerprint density at radius 2 is 2.29 bits per heavy atom. The van der Waals surface area contributed by atoms with E-state index in [9.17, 15) is 15.0 Å². The first-order valence-corrected chi connectivity index (χ1v) is 5.03. The molecule has 1 aromatic heterocycles. The quantitative estimate of drug-likeness (QED) is 0.457. The van der Waals surface area contributed by atoms with Crippen molar-refractivity contribution in [1.82, 2.24) is 9.55 Å². The lowest BCUT2D eigenvalue weighted by atomic mass is 10.1. The molecule has 1 aliphatic rings. The fraction of sp³-hybridized carbons (Fsp3) is 0.556. The van der Waals surface area contributed by atoms with Gasteiger partial charge < -0.3 is 29.9 Å². The second kappa shape index (κ2) is 4.80. The lowest BCUT2D eigenvalue weighted by molar-refractivity contribution is -0.105. The number of aromatic nitrogens is 2. The monoisotopic (exact) mass is 243 g/mol. The van der Waals surface area contributed by atoms with E-state index < -0.39 is 24.5 Å². The first-order valence-electron chi connectivity index (χ1n) is 5.03. The van der Waals surface area contributed by atoms with Crippen LogP contribution < -0.4 is 5.32 Å². The maximum Gasteiger partial charge on any atom is 0.212 e. The van der Waals surface area contributed by atoms with Crippen molar-refractivity contribution in [3.8, 4) is 0 Å². The molecule has 2 heterocycles. The topological polar surface area (TPSA) is 117 Å². The van der Waals surface area contributed by atoms with Crippen molar-refractivity contribution in [3.05, 3.63) is 12.5 Å². The van der Waals surface area contributed by atoms with E-state index in [0.717, 1.165) is 0 Å². The average Bonchev–Trinajstić information content (AvgIpc) is 2.87. The van der Waals surface area contributed by atoms with Gasteiger partial charge in [-0.3, -0.25) is 4.79 Å². The Morgan fingerprint density at radius 1 is 1.53 bits per heavy atom. The number of aliphatic hydroxyl groups is 3. The van der Waals surface area contributed by atoms with Crippen molar-refractivity contribution in [3.63, 3.8) is 0 Å². The highest BCUT2D eigenvalue weighted by Gasteiger charge is 2.43. The summed E-state index contributed by atoms with van der Waals surface area (Å²) < 4.78 is 6.68. The molecule has 1 amide bonds. The largest absolute Gasteiger partial charge is 0.394 e.